The molecular weight excluding hydrogens is 476 g/mol. The van der Waals surface area contributed by atoms with Crippen LogP contribution in [0.3, 0.4) is 0 Å². The van der Waals surface area contributed by atoms with E-state index in [1.165, 1.54) is 56.9 Å². The SMILES string of the molecule is CC(C)CCCC(C)[C@H]1CC[C@H]2[C@@H]3CC=C4C[C@@H](OC(=O)CCC(=O)O)CC[C@]4(C)[C@H]3CC[C@]12C.COC. The molecule has 4 rings (SSSR count). The van der Waals surface area contributed by atoms with Gasteiger partial charge < -0.3 is 14.6 Å². The van der Waals surface area contributed by atoms with Gasteiger partial charge in [-0.3, -0.25) is 9.59 Å². The van der Waals surface area contributed by atoms with Crippen LogP contribution in [0, 0.1) is 46.3 Å². The number of rotatable bonds is 9. The van der Waals surface area contributed by atoms with Crippen LogP contribution in [0.1, 0.15) is 118 Å². The fourth-order valence-corrected chi connectivity index (χ4v) is 9.21. The fraction of sp³-hybridized carbons (Fsp3) is 0.879. The quantitative estimate of drug-likeness (QED) is 0.240. The number of carbonyl (C=O) groups excluding carboxylic acids is 1. The lowest BCUT2D eigenvalue weighted by molar-refractivity contribution is -0.154. The van der Waals surface area contributed by atoms with Crippen LogP contribution in [-0.2, 0) is 19.1 Å². The van der Waals surface area contributed by atoms with Crippen LogP contribution in [0.15, 0.2) is 11.6 Å². The van der Waals surface area contributed by atoms with Gasteiger partial charge in [0.2, 0.25) is 0 Å². The fourth-order valence-electron chi connectivity index (χ4n) is 9.21. The number of methoxy groups -OCH3 is 1. The number of esters is 1. The molecule has 1 N–H and O–H groups in total. The van der Waals surface area contributed by atoms with Gasteiger partial charge in [-0.2, -0.15) is 0 Å². The first-order chi connectivity index (χ1) is 18.0. The van der Waals surface area contributed by atoms with Crippen LogP contribution in [-0.4, -0.2) is 37.4 Å². The average Bonchev–Trinajstić information content (AvgIpc) is 3.20. The van der Waals surface area contributed by atoms with Gasteiger partial charge in [-0.25, -0.2) is 0 Å². The molecule has 0 aliphatic heterocycles. The Hall–Kier alpha value is -1.36. The van der Waals surface area contributed by atoms with Crippen molar-refractivity contribution in [1.82, 2.24) is 0 Å². The molecule has 0 radical (unpaired) electrons. The van der Waals surface area contributed by atoms with Gasteiger partial charge in [-0.1, -0.05) is 65.5 Å². The summed E-state index contributed by atoms with van der Waals surface area (Å²) in [5, 5.41) is 8.84. The number of carbonyl (C=O) groups is 2. The maximum atomic E-state index is 12.1. The highest BCUT2D eigenvalue weighted by Gasteiger charge is 2.59. The van der Waals surface area contributed by atoms with Crippen LogP contribution < -0.4 is 0 Å². The lowest BCUT2D eigenvalue weighted by Gasteiger charge is -2.58. The van der Waals surface area contributed by atoms with Crippen molar-refractivity contribution in [2.45, 2.75) is 124 Å². The Labute approximate surface area is 232 Å². The zero-order valence-corrected chi connectivity index (χ0v) is 25.4. The maximum Gasteiger partial charge on any atom is 0.306 e. The second kappa shape index (κ2) is 13.3. The molecule has 0 amide bonds. The molecule has 0 bridgehead atoms. The molecule has 4 aliphatic carbocycles. The summed E-state index contributed by atoms with van der Waals surface area (Å²) >= 11 is 0. The molecule has 5 heteroatoms. The molecule has 0 aromatic heterocycles. The summed E-state index contributed by atoms with van der Waals surface area (Å²) in [5.74, 6) is 3.68. The number of allylic oxidation sites excluding steroid dienone is 1. The summed E-state index contributed by atoms with van der Waals surface area (Å²) in [6.45, 7) is 12.4. The van der Waals surface area contributed by atoms with E-state index in [2.05, 4.69) is 45.4 Å². The molecule has 0 aromatic rings. The van der Waals surface area contributed by atoms with Crippen molar-refractivity contribution in [3.8, 4) is 0 Å². The zero-order valence-electron chi connectivity index (χ0n) is 25.4. The molecule has 0 saturated heterocycles. The Morgan fingerprint density at radius 1 is 1.00 bits per heavy atom. The van der Waals surface area contributed by atoms with Crippen molar-refractivity contribution in [2.24, 2.45) is 46.3 Å². The van der Waals surface area contributed by atoms with Crippen LogP contribution in [0.4, 0.5) is 0 Å². The molecule has 0 spiro atoms. The van der Waals surface area contributed by atoms with E-state index in [1.54, 1.807) is 14.2 Å². The van der Waals surface area contributed by atoms with E-state index in [4.69, 9.17) is 9.84 Å². The molecule has 0 heterocycles. The molecule has 8 atom stereocenters. The Morgan fingerprint density at radius 3 is 2.37 bits per heavy atom. The van der Waals surface area contributed by atoms with Crippen molar-refractivity contribution >= 4 is 11.9 Å². The minimum absolute atomic E-state index is 0.0236. The third kappa shape index (κ3) is 6.85. The van der Waals surface area contributed by atoms with Gasteiger partial charge in [-0.05, 0) is 91.3 Å². The van der Waals surface area contributed by atoms with Gasteiger partial charge in [0.1, 0.15) is 6.10 Å². The van der Waals surface area contributed by atoms with Crippen LogP contribution in [0.25, 0.3) is 0 Å². The highest BCUT2D eigenvalue weighted by molar-refractivity contribution is 5.76. The van der Waals surface area contributed by atoms with E-state index in [0.717, 1.165) is 54.8 Å². The normalized spacial score (nSPS) is 36.6. The highest BCUT2D eigenvalue weighted by Crippen LogP contribution is 2.67. The van der Waals surface area contributed by atoms with Crippen molar-refractivity contribution in [3.63, 3.8) is 0 Å². The van der Waals surface area contributed by atoms with Crippen molar-refractivity contribution in [2.75, 3.05) is 14.2 Å². The van der Waals surface area contributed by atoms with Crippen molar-refractivity contribution in [3.05, 3.63) is 11.6 Å². The van der Waals surface area contributed by atoms with Gasteiger partial charge in [0, 0.05) is 20.6 Å². The van der Waals surface area contributed by atoms with E-state index in [0.29, 0.717) is 5.41 Å². The van der Waals surface area contributed by atoms with E-state index in [9.17, 15) is 9.59 Å². The number of fused-ring (bicyclic) bond motifs is 5. The predicted molar refractivity (Wildman–Crippen MR) is 153 cm³/mol. The first kappa shape index (κ1) is 31.2. The Bertz CT molecular complexity index is 833. The summed E-state index contributed by atoms with van der Waals surface area (Å²) in [5.41, 5.74) is 2.27. The molecule has 0 aromatic carbocycles. The largest absolute Gasteiger partial charge is 0.481 e. The van der Waals surface area contributed by atoms with E-state index in [1.807, 2.05) is 0 Å². The van der Waals surface area contributed by atoms with Crippen LogP contribution in [0.5, 0.6) is 0 Å². The molecule has 1 unspecified atom stereocenters. The summed E-state index contributed by atoms with van der Waals surface area (Å²) < 4.78 is 9.95. The van der Waals surface area contributed by atoms with Crippen LogP contribution in [0.2, 0.25) is 0 Å². The number of ether oxygens (including phenoxy) is 2. The monoisotopic (exact) mass is 532 g/mol. The molecule has 38 heavy (non-hydrogen) atoms. The van der Waals surface area contributed by atoms with E-state index >= 15 is 0 Å². The first-order valence-corrected chi connectivity index (χ1v) is 15.5. The average molecular weight is 533 g/mol. The van der Waals surface area contributed by atoms with Crippen molar-refractivity contribution < 1.29 is 24.2 Å². The van der Waals surface area contributed by atoms with Gasteiger partial charge in [0.15, 0.2) is 0 Å². The summed E-state index contributed by atoms with van der Waals surface area (Å²) in [6.07, 6.45) is 16.0. The number of aliphatic carboxylic acids is 1. The minimum atomic E-state index is -0.942. The van der Waals surface area contributed by atoms with Gasteiger partial charge in [-0.15, -0.1) is 0 Å². The smallest absolute Gasteiger partial charge is 0.306 e. The third-order valence-electron chi connectivity index (χ3n) is 11.1. The third-order valence-corrected chi connectivity index (χ3v) is 11.1. The topological polar surface area (TPSA) is 72.8 Å². The second-order valence-electron chi connectivity index (χ2n) is 13.9. The highest BCUT2D eigenvalue weighted by atomic mass is 16.5. The number of carboxylic acids is 1. The Kier molecular flexibility index (Phi) is 10.9. The standard InChI is InChI=1S/C31H50O4.C2H6O/c1-20(2)7-6-8-21(3)25-11-12-26-24-10-9-22-19-23(35-29(34)14-13-28(32)33)15-17-30(22,4)27(24)16-18-31(25,26)5;1-3-2/h9,20-21,23-27H,6-8,10-19H2,1-5H3,(H,32,33);1-2H3/t21?,23-,24-,25+,26-,27-,30-,31+;/m0./s1. The van der Waals surface area contributed by atoms with Crippen molar-refractivity contribution in [1.29, 1.82) is 0 Å². The van der Waals surface area contributed by atoms with Gasteiger partial charge >= 0.3 is 11.9 Å². The number of carboxylic acid groups (broad SMARTS) is 1. The number of hydrogen-bond donors (Lipinski definition) is 1. The Morgan fingerprint density at radius 2 is 1.71 bits per heavy atom. The minimum Gasteiger partial charge on any atom is -0.481 e. The van der Waals surface area contributed by atoms with E-state index < -0.39 is 5.97 Å². The summed E-state index contributed by atoms with van der Waals surface area (Å²) in [4.78, 5) is 22.9. The molecule has 4 aliphatic rings. The van der Waals surface area contributed by atoms with E-state index in [-0.39, 0.29) is 30.3 Å². The Balaban J connectivity index is 0.00000127. The summed E-state index contributed by atoms with van der Waals surface area (Å²) in [7, 11) is 3.25. The van der Waals surface area contributed by atoms with Gasteiger partial charge in [0.25, 0.3) is 0 Å². The maximum absolute atomic E-state index is 12.1. The lowest BCUT2D eigenvalue weighted by atomic mass is 9.47. The molecular formula is C33H56O5. The van der Waals surface area contributed by atoms with Gasteiger partial charge in [0.05, 0.1) is 12.8 Å². The summed E-state index contributed by atoms with van der Waals surface area (Å²) in [6, 6.07) is 0. The first-order valence-electron chi connectivity index (χ1n) is 15.5. The lowest BCUT2D eigenvalue weighted by Crippen LogP contribution is -2.51. The second-order valence-corrected chi connectivity index (χ2v) is 13.9. The molecule has 3 saturated carbocycles. The molecule has 218 valence electrons. The zero-order chi connectivity index (χ0) is 28.1. The predicted octanol–water partition coefficient (Wildman–Crippen LogP) is 8.07. The van der Waals surface area contributed by atoms with Crippen LogP contribution >= 0.6 is 0 Å². The molecule has 3 fully saturated rings. The molecule has 5 nitrogen and oxygen atoms in total. The number of hydrogen-bond acceptors (Lipinski definition) is 4.